The zero-order valence-corrected chi connectivity index (χ0v) is 8.35. The van der Waals surface area contributed by atoms with Gasteiger partial charge < -0.3 is 0 Å². The third-order valence-corrected chi connectivity index (χ3v) is 2.51. The minimum absolute atomic E-state index is 0.312. The Morgan fingerprint density at radius 2 is 2.15 bits per heavy atom. The minimum atomic E-state index is -3.47. The van der Waals surface area contributed by atoms with Gasteiger partial charge >= 0.3 is 0 Å². The van der Waals surface area contributed by atoms with E-state index >= 15 is 0 Å². The summed E-state index contributed by atoms with van der Waals surface area (Å²) in [7, 11) is -2.16. The molecule has 13 heavy (non-hydrogen) atoms. The van der Waals surface area contributed by atoms with Gasteiger partial charge in [0.1, 0.15) is 5.15 Å². The standard InChI is InChI=1S/C6H8ClN3O2S/c1-8-13(11,12)10-5-2-3-6(7)9-4-5/h2-4,8,10H,1H3. The van der Waals surface area contributed by atoms with Crippen molar-refractivity contribution in [1.29, 1.82) is 0 Å². The second-order valence-electron chi connectivity index (χ2n) is 2.18. The molecule has 0 aromatic carbocycles. The van der Waals surface area contributed by atoms with Crippen LogP contribution in [0.5, 0.6) is 0 Å². The number of pyridine rings is 1. The molecule has 1 aromatic heterocycles. The third kappa shape index (κ3) is 3.17. The Kier molecular flexibility index (Phi) is 3.07. The number of anilines is 1. The maximum Gasteiger partial charge on any atom is 0.298 e. The van der Waals surface area contributed by atoms with Crippen molar-refractivity contribution in [2.24, 2.45) is 0 Å². The Labute approximate surface area is 81.3 Å². The summed E-state index contributed by atoms with van der Waals surface area (Å²) in [5.41, 5.74) is 0.360. The Bertz CT molecular complexity index is 375. The van der Waals surface area contributed by atoms with Gasteiger partial charge in [-0.25, -0.2) is 9.71 Å². The largest absolute Gasteiger partial charge is 0.298 e. The predicted octanol–water partition coefficient (Wildman–Crippen LogP) is 0.611. The lowest BCUT2D eigenvalue weighted by molar-refractivity contribution is 0.593. The molecule has 1 aromatic rings. The van der Waals surface area contributed by atoms with Gasteiger partial charge in [0.05, 0.1) is 11.9 Å². The predicted molar refractivity (Wildman–Crippen MR) is 50.8 cm³/mol. The van der Waals surface area contributed by atoms with Crippen LogP contribution in [0, 0.1) is 0 Å². The Morgan fingerprint density at radius 3 is 2.62 bits per heavy atom. The van der Waals surface area contributed by atoms with Crippen LogP contribution in [0.25, 0.3) is 0 Å². The van der Waals surface area contributed by atoms with Gasteiger partial charge in [0.25, 0.3) is 10.2 Å². The molecule has 0 saturated heterocycles. The molecule has 0 saturated carbocycles. The topological polar surface area (TPSA) is 71.1 Å². The van der Waals surface area contributed by atoms with Crippen molar-refractivity contribution in [2.45, 2.75) is 0 Å². The fourth-order valence-electron chi connectivity index (χ4n) is 0.642. The van der Waals surface area contributed by atoms with Crippen molar-refractivity contribution in [1.82, 2.24) is 9.71 Å². The summed E-state index contributed by atoms with van der Waals surface area (Å²) in [6, 6.07) is 3.01. The summed E-state index contributed by atoms with van der Waals surface area (Å²) in [5.74, 6) is 0. The highest BCUT2D eigenvalue weighted by molar-refractivity contribution is 7.90. The molecule has 0 fully saturated rings. The molecule has 0 amide bonds. The minimum Gasteiger partial charge on any atom is -0.270 e. The summed E-state index contributed by atoms with van der Waals surface area (Å²) in [5, 5.41) is 0.312. The van der Waals surface area contributed by atoms with Crippen molar-refractivity contribution in [3.8, 4) is 0 Å². The van der Waals surface area contributed by atoms with Crippen LogP contribution in [0.3, 0.4) is 0 Å². The molecule has 7 heteroatoms. The monoisotopic (exact) mass is 221 g/mol. The van der Waals surface area contributed by atoms with E-state index in [2.05, 4.69) is 14.4 Å². The fraction of sp³-hybridized carbons (Fsp3) is 0.167. The first-order chi connectivity index (χ1) is 6.03. The van der Waals surface area contributed by atoms with E-state index in [1.54, 1.807) is 0 Å². The molecule has 0 atom stereocenters. The number of hydrogen-bond acceptors (Lipinski definition) is 3. The second kappa shape index (κ2) is 3.91. The average molecular weight is 222 g/mol. The van der Waals surface area contributed by atoms with E-state index in [1.165, 1.54) is 25.4 Å². The molecule has 5 nitrogen and oxygen atoms in total. The van der Waals surface area contributed by atoms with Gasteiger partial charge in [-0.3, -0.25) is 4.72 Å². The quantitative estimate of drug-likeness (QED) is 0.735. The molecule has 2 N–H and O–H groups in total. The van der Waals surface area contributed by atoms with Gasteiger partial charge in [-0.2, -0.15) is 8.42 Å². The molecule has 0 aliphatic heterocycles. The number of halogens is 1. The fourth-order valence-corrected chi connectivity index (χ4v) is 1.29. The van der Waals surface area contributed by atoms with Gasteiger partial charge in [-0.1, -0.05) is 11.6 Å². The van der Waals surface area contributed by atoms with Crippen molar-refractivity contribution in [3.63, 3.8) is 0 Å². The lowest BCUT2D eigenvalue weighted by Crippen LogP contribution is -2.26. The van der Waals surface area contributed by atoms with E-state index in [4.69, 9.17) is 11.6 Å². The van der Waals surface area contributed by atoms with Crippen molar-refractivity contribution >= 4 is 27.5 Å². The van der Waals surface area contributed by atoms with Gasteiger partial charge in [0.2, 0.25) is 0 Å². The number of rotatable bonds is 3. The molecule has 1 rings (SSSR count). The summed E-state index contributed by atoms with van der Waals surface area (Å²) < 4.78 is 26.3. The molecule has 0 aliphatic rings. The number of hydrogen-bond donors (Lipinski definition) is 2. The number of aromatic nitrogens is 1. The van der Waals surface area contributed by atoms with Gasteiger partial charge in [-0.15, -0.1) is 0 Å². The SMILES string of the molecule is CNS(=O)(=O)Nc1ccc(Cl)nc1. The van der Waals surface area contributed by atoms with Crippen LogP contribution < -0.4 is 9.44 Å². The van der Waals surface area contributed by atoms with E-state index in [1.807, 2.05) is 0 Å². The van der Waals surface area contributed by atoms with Crippen molar-refractivity contribution in [3.05, 3.63) is 23.5 Å². The van der Waals surface area contributed by atoms with Crippen LogP contribution in [0.15, 0.2) is 18.3 Å². The molecule has 72 valence electrons. The Hall–Kier alpha value is -0.850. The van der Waals surface area contributed by atoms with Crippen LogP contribution in [0.2, 0.25) is 5.15 Å². The summed E-state index contributed by atoms with van der Waals surface area (Å²) in [6.07, 6.45) is 1.33. The van der Waals surface area contributed by atoms with Crippen molar-refractivity contribution in [2.75, 3.05) is 11.8 Å². The van der Waals surface area contributed by atoms with Crippen LogP contribution in [0.1, 0.15) is 0 Å². The van der Waals surface area contributed by atoms with Crippen LogP contribution in [-0.4, -0.2) is 20.4 Å². The second-order valence-corrected chi connectivity index (χ2v) is 4.19. The average Bonchev–Trinajstić information content (AvgIpc) is 2.09. The summed E-state index contributed by atoms with van der Waals surface area (Å²) in [6.45, 7) is 0. The number of nitrogens with zero attached hydrogens (tertiary/aromatic N) is 1. The van der Waals surface area contributed by atoms with E-state index in [-0.39, 0.29) is 0 Å². The maximum absolute atomic E-state index is 11.0. The zero-order chi connectivity index (χ0) is 9.90. The van der Waals surface area contributed by atoms with E-state index < -0.39 is 10.2 Å². The normalized spacial score (nSPS) is 11.2. The van der Waals surface area contributed by atoms with Crippen molar-refractivity contribution < 1.29 is 8.42 Å². The molecule has 0 aliphatic carbocycles. The van der Waals surface area contributed by atoms with Gasteiger partial charge in [0.15, 0.2) is 0 Å². The van der Waals surface area contributed by atoms with Crippen LogP contribution in [0.4, 0.5) is 5.69 Å². The maximum atomic E-state index is 11.0. The smallest absolute Gasteiger partial charge is 0.270 e. The Balaban J connectivity index is 2.82. The Morgan fingerprint density at radius 1 is 1.46 bits per heavy atom. The third-order valence-electron chi connectivity index (χ3n) is 1.25. The van der Waals surface area contributed by atoms with E-state index in [0.717, 1.165) is 0 Å². The highest BCUT2D eigenvalue weighted by Gasteiger charge is 2.05. The summed E-state index contributed by atoms with van der Waals surface area (Å²) >= 11 is 5.51. The first kappa shape index (κ1) is 10.2. The first-order valence-corrected chi connectivity index (χ1v) is 5.22. The van der Waals surface area contributed by atoms with Crippen LogP contribution in [-0.2, 0) is 10.2 Å². The molecule has 0 spiro atoms. The summed E-state index contributed by atoms with van der Waals surface area (Å²) in [4.78, 5) is 3.71. The van der Waals surface area contributed by atoms with E-state index in [9.17, 15) is 8.42 Å². The van der Waals surface area contributed by atoms with Crippen LogP contribution >= 0.6 is 11.6 Å². The lowest BCUT2D eigenvalue weighted by Gasteiger charge is -2.04. The molecule has 0 bridgehead atoms. The highest BCUT2D eigenvalue weighted by atomic mass is 35.5. The molecule has 1 heterocycles. The van der Waals surface area contributed by atoms with E-state index in [0.29, 0.717) is 10.8 Å². The lowest BCUT2D eigenvalue weighted by atomic mass is 10.4. The first-order valence-electron chi connectivity index (χ1n) is 3.36. The number of nitrogens with one attached hydrogen (secondary N) is 2. The molecule has 0 radical (unpaired) electrons. The zero-order valence-electron chi connectivity index (χ0n) is 6.78. The highest BCUT2D eigenvalue weighted by Crippen LogP contribution is 2.10. The molecule has 0 unspecified atom stereocenters. The van der Waals surface area contributed by atoms with Gasteiger partial charge in [0, 0.05) is 7.05 Å². The van der Waals surface area contributed by atoms with Gasteiger partial charge in [-0.05, 0) is 12.1 Å². The molecular weight excluding hydrogens is 214 g/mol. The molecular formula is C6H8ClN3O2S.